The third-order valence-electron chi connectivity index (χ3n) is 6.68. The number of rotatable bonds is 6. The van der Waals surface area contributed by atoms with Crippen LogP contribution in [-0.4, -0.2) is 83.5 Å². The molecule has 1 fully saturated rings. The van der Waals surface area contributed by atoms with Gasteiger partial charge in [-0.15, -0.1) is 0 Å². The number of aliphatic carboxylic acids is 2. The molecule has 0 spiro atoms. The van der Waals surface area contributed by atoms with Crippen molar-refractivity contribution >= 4 is 23.5 Å². The SMILES string of the molecule is COc1ccc2c(c1)CC(C(=O)Nc1ccc(-c3cn[nH]c3)cc1OC1CCNCC1)CO2.O=C(O)C(F)(F)F.O=C(O)C(F)(F)F. The second kappa shape index (κ2) is 16.0. The molecule has 12 nitrogen and oxygen atoms in total. The van der Waals surface area contributed by atoms with E-state index >= 15 is 0 Å². The first-order valence-corrected chi connectivity index (χ1v) is 13.8. The number of nitrogens with one attached hydrogen (secondary N) is 3. The number of aromatic amines is 1. The molecule has 1 unspecified atom stereocenters. The number of fused-ring (bicyclic) bond motifs is 1. The number of H-pyrrole nitrogens is 1. The number of hydrogen-bond donors (Lipinski definition) is 5. The van der Waals surface area contributed by atoms with Crippen molar-refractivity contribution in [2.45, 2.75) is 37.7 Å². The van der Waals surface area contributed by atoms with E-state index in [0.29, 0.717) is 24.5 Å². The summed E-state index contributed by atoms with van der Waals surface area (Å²) in [5, 5.41) is 27.6. The van der Waals surface area contributed by atoms with Crippen LogP contribution in [0.4, 0.5) is 32.0 Å². The molecular formula is C29H30F6N4O8. The van der Waals surface area contributed by atoms with Crippen molar-refractivity contribution in [1.82, 2.24) is 15.5 Å². The molecule has 1 saturated heterocycles. The molecule has 0 radical (unpaired) electrons. The summed E-state index contributed by atoms with van der Waals surface area (Å²) in [6.45, 7) is 2.19. The number of carboxylic acids is 2. The lowest BCUT2D eigenvalue weighted by molar-refractivity contribution is -0.193. The van der Waals surface area contributed by atoms with E-state index in [1.165, 1.54) is 0 Å². The number of ether oxygens (including phenoxy) is 3. The summed E-state index contributed by atoms with van der Waals surface area (Å²) in [7, 11) is 1.63. The van der Waals surface area contributed by atoms with Crippen molar-refractivity contribution in [2.24, 2.45) is 5.92 Å². The standard InChI is InChI=1S/C25H28N4O4.2C2HF3O2/c1-31-21-3-5-23-17(11-21)10-18(15-32-23)25(30)29-22-4-2-16(19-13-27-28-14-19)12-24(22)33-20-6-8-26-9-7-20;2*3-2(4,5)1(6)7/h2-5,11-14,18,20,26H,6-10,15H2,1H3,(H,27,28)(H,29,30);2*(H,6,7). The summed E-state index contributed by atoms with van der Waals surface area (Å²) in [6, 6.07) is 11.5. The van der Waals surface area contributed by atoms with Crippen molar-refractivity contribution < 1.29 is 65.1 Å². The molecule has 1 atom stereocenters. The second-order valence-electron chi connectivity index (χ2n) is 10.0. The Morgan fingerprint density at radius 1 is 0.957 bits per heavy atom. The largest absolute Gasteiger partial charge is 0.497 e. The van der Waals surface area contributed by atoms with E-state index < -0.39 is 24.3 Å². The van der Waals surface area contributed by atoms with Crippen LogP contribution in [0.3, 0.4) is 0 Å². The van der Waals surface area contributed by atoms with Gasteiger partial charge in [-0.05, 0) is 73.8 Å². The lowest BCUT2D eigenvalue weighted by Crippen LogP contribution is -2.35. The number of aromatic nitrogens is 2. The highest BCUT2D eigenvalue weighted by atomic mass is 19.4. The Hall–Kier alpha value is -5.00. The van der Waals surface area contributed by atoms with E-state index in [2.05, 4.69) is 20.8 Å². The highest BCUT2D eigenvalue weighted by Crippen LogP contribution is 2.35. The minimum atomic E-state index is -5.08. The average molecular weight is 677 g/mol. The molecule has 2 aliphatic rings. The molecule has 0 saturated carbocycles. The number of amides is 1. The maximum atomic E-state index is 13.2. The lowest BCUT2D eigenvalue weighted by atomic mass is 9.95. The minimum absolute atomic E-state index is 0.0882. The van der Waals surface area contributed by atoms with Crippen LogP contribution in [0.2, 0.25) is 0 Å². The van der Waals surface area contributed by atoms with Gasteiger partial charge in [-0.1, -0.05) is 6.07 Å². The van der Waals surface area contributed by atoms with Crippen LogP contribution in [0, 0.1) is 5.92 Å². The van der Waals surface area contributed by atoms with E-state index in [0.717, 1.165) is 54.1 Å². The zero-order chi connectivity index (χ0) is 34.8. The van der Waals surface area contributed by atoms with Crippen LogP contribution in [0.15, 0.2) is 48.8 Å². The van der Waals surface area contributed by atoms with Gasteiger partial charge in [0.05, 0.1) is 24.9 Å². The van der Waals surface area contributed by atoms with Crippen molar-refractivity contribution in [3.8, 4) is 28.4 Å². The third-order valence-corrected chi connectivity index (χ3v) is 6.68. The number of benzene rings is 2. The predicted octanol–water partition coefficient (Wildman–Crippen LogP) is 4.67. The van der Waals surface area contributed by atoms with Gasteiger partial charge in [-0.25, -0.2) is 9.59 Å². The molecule has 0 aliphatic carbocycles. The Bertz CT molecular complexity index is 1490. The second-order valence-corrected chi connectivity index (χ2v) is 10.0. The third kappa shape index (κ3) is 11.1. The summed E-state index contributed by atoms with van der Waals surface area (Å²) in [5.41, 5.74) is 3.59. The Balaban J connectivity index is 0.000000360. The van der Waals surface area contributed by atoms with E-state index in [1.807, 2.05) is 42.6 Å². The first-order valence-electron chi connectivity index (χ1n) is 13.8. The molecular weight excluding hydrogens is 646 g/mol. The Morgan fingerprint density at radius 3 is 2.15 bits per heavy atom. The molecule has 3 aromatic rings. The fraction of sp³-hybridized carbons (Fsp3) is 0.379. The smallest absolute Gasteiger partial charge is 0.490 e. The van der Waals surface area contributed by atoms with Crippen LogP contribution in [0.5, 0.6) is 17.2 Å². The van der Waals surface area contributed by atoms with E-state index in [4.69, 9.17) is 34.0 Å². The number of carbonyl (C=O) groups is 3. The topological polar surface area (TPSA) is 172 Å². The molecule has 3 heterocycles. The summed E-state index contributed by atoms with van der Waals surface area (Å²) < 4.78 is 81.0. The van der Waals surface area contributed by atoms with Crippen LogP contribution in [0.1, 0.15) is 18.4 Å². The summed E-state index contributed by atoms with van der Waals surface area (Å²) in [4.78, 5) is 31.0. The quantitative estimate of drug-likeness (QED) is 0.231. The van der Waals surface area contributed by atoms with Crippen molar-refractivity contribution in [2.75, 3.05) is 32.1 Å². The van der Waals surface area contributed by atoms with Crippen molar-refractivity contribution in [1.29, 1.82) is 0 Å². The van der Waals surface area contributed by atoms with Gasteiger partial charge in [0, 0.05) is 11.8 Å². The number of nitrogens with zero attached hydrogens (tertiary/aromatic N) is 1. The number of anilines is 1. The van der Waals surface area contributed by atoms with Gasteiger partial charge in [0.2, 0.25) is 5.91 Å². The normalized spacial score (nSPS) is 16.1. The van der Waals surface area contributed by atoms with Gasteiger partial charge in [-0.3, -0.25) is 9.89 Å². The highest BCUT2D eigenvalue weighted by molar-refractivity contribution is 5.95. The molecule has 2 aromatic carbocycles. The summed E-state index contributed by atoms with van der Waals surface area (Å²) >= 11 is 0. The number of halogens is 6. The Morgan fingerprint density at radius 2 is 1.60 bits per heavy atom. The number of carbonyl (C=O) groups excluding carboxylic acids is 1. The molecule has 1 aromatic heterocycles. The molecule has 2 aliphatic heterocycles. The van der Waals surface area contributed by atoms with Gasteiger partial charge in [0.1, 0.15) is 30.0 Å². The summed E-state index contributed by atoms with van der Waals surface area (Å²) in [6.07, 6.45) is -3.99. The number of methoxy groups -OCH3 is 1. The van der Waals surface area contributed by atoms with Gasteiger partial charge >= 0.3 is 24.3 Å². The van der Waals surface area contributed by atoms with Gasteiger partial charge < -0.3 is 35.1 Å². The number of hydrogen-bond acceptors (Lipinski definition) is 8. The maximum Gasteiger partial charge on any atom is 0.490 e. The molecule has 256 valence electrons. The van der Waals surface area contributed by atoms with E-state index in [9.17, 15) is 31.1 Å². The predicted molar refractivity (Wildman–Crippen MR) is 152 cm³/mol. The zero-order valence-electron chi connectivity index (χ0n) is 24.6. The van der Waals surface area contributed by atoms with Crippen molar-refractivity contribution in [3.05, 3.63) is 54.4 Å². The first-order chi connectivity index (χ1) is 22.1. The molecule has 5 N–H and O–H groups in total. The van der Waals surface area contributed by atoms with Crippen LogP contribution in [0.25, 0.3) is 11.1 Å². The molecule has 18 heteroatoms. The van der Waals surface area contributed by atoms with Gasteiger partial charge in [0.25, 0.3) is 0 Å². The molecule has 0 bridgehead atoms. The lowest BCUT2D eigenvalue weighted by Gasteiger charge is -2.27. The van der Waals surface area contributed by atoms with Gasteiger partial charge in [-0.2, -0.15) is 31.4 Å². The van der Waals surface area contributed by atoms with Crippen LogP contribution in [-0.2, 0) is 20.8 Å². The average Bonchev–Trinajstić information content (AvgIpc) is 3.57. The monoisotopic (exact) mass is 676 g/mol. The number of alkyl halides is 6. The van der Waals surface area contributed by atoms with Crippen LogP contribution < -0.4 is 24.8 Å². The van der Waals surface area contributed by atoms with E-state index in [1.54, 1.807) is 13.3 Å². The highest BCUT2D eigenvalue weighted by Gasteiger charge is 2.39. The minimum Gasteiger partial charge on any atom is -0.497 e. The first kappa shape index (κ1) is 36.5. The fourth-order valence-electron chi connectivity index (χ4n) is 4.31. The molecule has 1 amide bonds. The zero-order valence-corrected chi connectivity index (χ0v) is 24.6. The molecule has 47 heavy (non-hydrogen) atoms. The van der Waals surface area contributed by atoms with Crippen LogP contribution >= 0.6 is 0 Å². The Labute approximate surface area is 263 Å². The Kier molecular flexibility index (Phi) is 12.4. The maximum absolute atomic E-state index is 13.2. The number of carboxylic acid groups (broad SMARTS) is 2. The fourth-order valence-corrected chi connectivity index (χ4v) is 4.31. The van der Waals surface area contributed by atoms with Crippen molar-refractivity contribution in [3.63, 3.8) is 0 Å². The summed E-state index contributed by atoms with van der Waals surface area (Å²) in [5.74, 6) is -3.67. The van der Waals surface area contributed by atoms with E-state index in [-0.39, 0.29) is 17.9 Å². The molecule has 5 rings (SSSR count). The number of piperidine rings is 1. The van der Waals surface area contributed by atoms with Gasteiger partial charge in [0.15, 0.2) is 0 Å².